The van der Waals surface area contributed by atoms with Crippen molar-refractivity contribution in [3.63, 3.8) is 0 Å². The fraction of sp³-hybridized carbons (Fsp3) is 0.409. The Balaban J connectivity index is 1.77. The van der Waals surface area contributed by atoms with Gasteiger partial charge in [-0.1, -0.05) is 42.0 Å². The van der Waals surface area contributed by atoms with E-state index in [9.17, 15) is 4.79 Å². The predicted molar refractivity (Wildman–Crippen MR) is 109 cm³/mol. The summed E-state index contributed by atoms with van der Waals surface area (Å²) >= 11 is 0. The van der Waals surface area contributed by atoms with Crippen LogP contribution in [0.1, 0.15) is 27.5 Å². The number of para-hydroxylation sites is 1. The predicted octanol–water partition coefficient (Wildman–Crippen LogP) is 2.86. The Kier molecular flexibility index (Phi) is 6.48. The van der Waals surface area contributed by atoms with Crippen molar-refractivity contribution in [2.24, 2.45) is 0 Å². The second-order valence-corrected chi connectivity index (χ2v) is 7.20. The first-order valence-electron chi connectivity index (χ1n) is 9.49. The van der Waals surface area contributed by atoms with Crippen LogP contribution >= 0.6 is 0 Å². The first-order chi connectivity index (χ1) is 13.1. The number of morpholine rings is 1. The molecule has 5 heteroatoms. The van der Waals surface area contributed by atoms with Gasteiger partial charge in [0.1, 0.15) is 0 Å². The van der Waals surface area contributed by atoms with E-state index in [1.54, 1.807) is 0 Å². The summed E-state index contributed by atoms with van der Waals surface area (Å²) in [7, 11) is 3.91. The van der Waals surface area contributed by atoms with Crippen molar-refractivity contribution < 1.29 is 9.53 Å². The second-order valence-electron chi connectivity index (χ2n) is 7.20. The van der Waals surface area contributed by atoms with Crippen molar-refractivity contribution in [2.45, 2.75) is 13.0 Å². The Morgan fingerprint density at radius 1 is 1.15 bits per heavy atom. The molecule has 0 spiro atoms. The van der Waals surface area contributed by atoms with Crippen molar-refractivity contribution in [3.8, 4) is 0 Å². The van der Waals surface area contributed by atoms with Crippen molar-refractivity contribution in [1.82, 2.24) is 10.2 Å². The smallest absolute Gasteiger partial charge is 0.253 e. The highest BCUT2D eigenvalue weighted by atomic mass is 16.5. The Hall–Kier alpha value is -2.37. The molecule has 2 aromatic carbocycles. The molecule has 1 heterocycles. The van der Waals surface area contributed by atoms with Crippen LogP contribution in [-0.4, -0.2) is 57.8 Å². The molecule has 144 valence electrons. The molecule has 1 saturated heterocycles. The maximum atomic E-state index is 12.9. The van der Waals surface area contributed by atoms with Crippen LogP contribution in [-0.2, 0) is 4.74 Å². The van der Waals surface area contributed by atoms with Crippen LogP contribution in [0, 0.1) is 6.92 Å². The van der Waals surface area contributed by atoms with Gasteiger partial charge < -0.3 is 15.0 Å². The van der Waals surface area contributed by atoms with Gasteiger partial charge in [-0.3, -0.25) is 9.69 Å². The number of aryl methyl sites for hydroxylation is 1. The topological polar surface area (TPSA) is 44.8 Å². The summed E-state index contributed by atoms with van der Waals surface area (Å²) in [6, 6.07) is 16.4. The van der Waals surface area contributed by atoms with E-state index in [1.807, 2.05) is 43.3 Å². The molecule has 1 atom stereocenters. The fourth-order valence-electron chi connectivity index (χ4n) is 3.56. The number of carbonyl (C=O) groups is 1. The van der Waals surface area contributed by atoms with Crippen molar-refractivity contribution in [3.05, 3.63) is 65.2 Å². The minimum absolute atomic E-state index is 0.0368. The number of ether oxygens (including phenoxy) is 1. The minimum Gasteiger partial charge on any atom is -0.379 e. The Bertz CT molecular complexity index is 770. The number of amides is 1. The summed E-state index contributed by atoms with van der Waals surface area (Å²) < 4.78 is 5.51. The molecule has 27 heavy (non-hydrogen) atoms. The molecule has 1 aliphatic heterocycles. The van der Waals surface area contributed by atoms with Crippen molar-refractivity contribution in [1.29, 1.82) is 0 Å². The Morgan fingerprint density at radius 2 is 1.89 bits per heavy atom. The van der Waals surface area contributed by atoms with Crippen LogP contribution in [0.3, 0.4) is 0 Å². The minimum atomic E-state index is -0.0368. The third kappa shape index (κ3) is 4.87. The van der Waals surface area contributed by atoms with Crippen molar-refractivity contribution in [2.75, 3.05) is 51.8 Å². The first-order valence-corrected chi connectivity index (χ1v) is 9.49. The quantitative estimate of drug-likeness (QED) is 0.853. The van der Waals surface area contributed by atoms with Crippen LogP contribution in [0.4, 0.5) is 5.69 Å². The third-order valence-corrected chi connectivity index (χ3v) is 5.00. The summed E-state index contributed by atoms with van der Waals surface area (Å²) in [6.45, 7) is 5.90. The van der Waals surface area contributed by atoms with Gasteiger partial charge >= 0.3 is 0 Å². The zero-order chi connectivity index (χ0) is 19.2. The number of nitrogens with one attached hydrogen (secondary N) is 1. The first kappa shape index (κ1) is 19.4. The Labute approximate surface area is 161 Å². The lowest BCUT2D eigenvalue weighted by molar-refractivity contribution is 0.0162. The number of nitrogens with zero attached hydrogens (tertiary/aromatic N) is 2. The lowest BCUT2D eigenvalue weighted by Gasteiger charge is -2.35. The van der Waals surface area contributed by atoms with Crippen LogP contribution in [0.25, 0.3) is 0 Å². The van der Waals surface area contributed by atoms with E-state index < -0.39 is 0 Å². The zero-order valence-electron chi connectivity index (χ0n) is 16.4. The summed E-state index contributed by atoms with van der Waals surface area (Å²) in [5, 5.41) is 3.16. The van der Waals surface area contributed by atoms with Crippen LogP contribution in [0.5, 0.6) is 0 Å². The third-order valence-electron chi connectivity index (χ3n) is 5.00. The van der Waals surface area contributed by atoms with E-state index in [4.69, 9.17) is 4.74 Å². The summed E-state index contributed by atoms with van der Waals surface area (Å²) in [4.78, 5) is 17.2. The maximum absolute atomic E-state index is 12.9. The van der Waals surface area contributed by atoms with Gasteiger partial charge in [0.25, 0.3) is 5.91 Å². The number of hydrogen-bond acceptors (Lipinski definition) is 4. The highest BCUT2D eigenvalue weighted by molar-refractivity contribution is 5.99. The molecule has 5 nitrogen and oxygen atoms in total. The van der Waals surface area contributed by atoms with E-state index in [-0.39, 0.29) is 11.9 Å². The summed E-state index contributed by atoms with van der Waals surface area (Å²) in [5.41, 5.74) is 4.09. The van der Waals surface area contributed by atoms with Gasteiger partial charge in [-0.05, 0) is 24.6 Å². The molecular weight excluding hydrogens is 338 g/mol. The highest BCUT2D eigenvalue weighted by Gasteiger charge is 2.24. The Morgan fingerprint density at radius 3 is 2.59 bits per heavy atom. The number of rotatable bonds is 6. The van der Waals surface area contributed by atoms with Gasteiger partial charge in [-0.15, -0.1) is 0 Å². The molecule has 1 N–H and O–H groups in total. The largest absolute Gasteiger partial charge is 0.379 e. The van der Waals surface area contributed by atoms with Gasteiger partial charge in [0, 0.05) is 39.4 Å². The van der Waals surface area contributed by atoms with E-state index >= 15 is 0 Å². The zero-order valence-corrected chi connectivity index (χ0v) is 16.4. The van der Waals surface area contributed by atoms with Gasteiger partial charge in [0.2, 0.25) is 0 Å². The van der Waals surface area contributed by atoms with Crippen molar-refractivity contribution >= 4 is 11.6 Å². The monoisotopic (exact) mass is 367 g/mol. The SMILES string of the molecule is Cc1cccc(C(CNC(=O)c2ccccc2N(C)C)N2CCOCC2)c1. The molecule has 0 saturated carbocycles. The molecule has 1 amide bonds. The van der Waals surface area contributed by atoms with Crippen LogP contribution in [0.2, 0.25) is 0 Å². The average molecular weight is 367 g/mol. The highest BCUT2D eigenvalue weighted by Crippen LogP contribution is 2.23. The molecule has 0 aliphatic carbocycles. The molecule has 0 aromatic heterocycles. The van der Waals surface area contributed by atoms with Gasteiger partial charge in [0.05, 0.1) is 24.8 Å². The van der Waals surface area contributed by atoms with Gasteiger partial charge in [0.15, 0.2) is 0 Å². The molecular formula is C22H29N3O2. The van der Waals surface area contributed by atoms with E-state index in [0.717, 1.165) is 32.0 Å². The number of carbonyl (C=O) groups excluding carboxylic acids is 1. The van der Waals surface area contributed by atoms with E-state index in [2.05, 4.69) is 41.4 Å². The fourth-order valence-corrected chi connectivity index (χ4v) is 3.56. The molecule has 1 aliphatic rings. The number of hydrogen-bond donors (Lipinski definition) is 1. The molecule has 1 fully saturated rings. The molecule has 1 unspecified atom stereocenters. The molecule has 0 bridgehead atoms. The van der Waals surface area contributed by atoms with Gasteiger partial charge in [-0.2, -0.15) is 0 Å². The molecule has 3 rings (SSSR count). The van der Waals surface area contributed by atoms with E-state index in [0.29, 0.717) is 12.1 Å². The van der Waals surface area contributed by atoms with E-state index in [1.165, 1.54) is 11.1 Å². The number of anilines is 1. The molecule has 0 radical (unpaired) electrons. The average Bonchev–Trinajstić information content (AvgIpc) is 2.69. The normalized spacial score (nSPS) is 16.0. The summed E-state index contributed by atoms with van der Waals surface area (Å²) in [5.74, 6) is -0.0368. The second kappa shape index (κ2) is 9.02. The van der Waals surface area contributed by atoms with Crippen LogP contribution < -0.4 is 10.2 Å². The van der Waals surface area contributed by atoms with Gasteiger partial charge in [-0.25, -0.2) is 0 Å². The number of benzene rings is 2. The van der Waals surface area contributed by atoms with Crippen LogP contribution in [0.15, 0.2) is 48.5 Å². The maximum Gasteiger partial charge on any atom is 0.253 e. The molecule has 2 aromatic rings. The lowest BCUT2D eigenvalue weighted by Crippen LogP contribution is -2.44. The summed E-state index contributed by atoms with van der Waals surface area (Å²) in [6.07, 6.45) is 0. The standard InChI is InChI=1S/C22H29N3O2/c1-17-7-6-8-18(15-17)21(25-11-13-27-14-12-25)16-23-22(26)19-9-4-5-10-20(19)24(2)3/h4-10,15,21H,11-14,16H2,1-3H3,(H,23,26). The lowest BCUT2D eigenvalue weighted by atomic mass is 10.0.